The van der Waals surface area contributed by atoms with Crippen molar-refractivity contribution in [3.05, 3.63) is 89.5 Å². The molecule has 3 aromatic rings. The maximum atomic E-state index is 12.6. The summed E-state index contributed by atoms with van der Waals surface area (Å²) in [7, 11) is -3.65. The molecule has 0 heterocycles. The molecule has 0 fully saturated rings. The third kappa shape index (κ3) is 6.76. The molecule has 178 valence electrons. The van der Waals surface area contributed by atoms with Gasteiger partial charge in [0.05, 0.1) is 4.90 Å². The summed E-state index contributed by atoms with van der Waals surface area (Å²) in [6, 6.07) is 20.4. The molecule has 34 heavy (non-hydrogen) atoms. The van der Waals surface area contributed by atoms with Crippen molar-refractivity contribution in [2.45, 2.75) is 44.6 Å². The van der Waals surface area contributed by atoms with Crippen molar-refractivity contribution in [1.29, 1.82) is 0 Å². The smallest absolute Gasteiger partial charge is 0.255 e. The zero-order valence-electron chi connectivity index (χ0n) is 19.7. The van der Waals surface area contributed by atoms with Crippen molar-refractivity contribution < 1.29 is 18.0 Å². The molecule has 0 saturated heterocycles. The minimum Gasteiger partial charge on any atom is -0.326 e. The first-order chi connectivity index (χ1) is 15.9. The van der Waals surface area contributed by atoms with Gasteiger partial charge in [0.25, 0.3) is 5.91 Å². The van der Waals surface area contributed by atoms with Gasteiger partial charge < -0.3 is 10.6 Å². The summed E-state index contributed by atoms with van der Waals surface area (Å²) in [5.41, 5.74) is 3.40. The Hall–Kier alpha value is -3.49. The lowest BCUT2D eigenvalue weighted by Crippen LogP contribution is -2.23. The number of carbonyl (C=O) groups is 2. The van der Waals surface area contributed by atoms with Gasteiger partial charge in [-0.3, -0.25) is 9.59 Å². The van der Waals surface area contributed by atoms with Crippen LogP contribution in [0.3, 0.4) is 0 Å². The second kappa shape index (κ2) is 10.2. The highest BCUT2D eigenvalue weighted by molar-refractivity contribution is 7.89. The number of hydrogen-bond acceptors (Lipinski definition) is 4. The van der Waals surface area contributed by atoms with Gasteiger partial charge in [0.1, 0.15) is 0 Å². The van der Waals surface area contributed by atoms with E-state index in [1.807, 2.05) is 12.1 Å². The SMILES string of the molecule is CC(=O)Nc1ccc(NC(=O)c2ccc(CNS(=O)(=O)c3ccc(C(C)(C)C)cc3)cc2)cc1. The summed E-state index contributed by atoms with van der Waals surface area (Å²) in [6.45, 7) is 7.75. The largest absolute Gasteiger partial charge is 0.326 e. The summed E-state index contributed by atoms with van der Waals surface area (Å²) in [6.07, 6.45) is 0. The Balaban J connectivity index is 1.58. The van der Waals surface area contributed by atoms with Crippen LogP contribution in [0.2, 0.25) is 0 Å². The molecule has 0 radical (unpaired) electrons. The quantitative estimate of drug-likeness (QED) is 0.458. The van der Waals surface area contributed by atoms with Gasteiger partial charge in [-0.1, -0.05) is 45.0 Å². The minimum atomic E-state index is -3.65. The summed E-state index contributed by atoms with van der Waals surface area (Å²) in [5.74, 6) is -0.462. The molecule has 2 amide bonds. The van der Waals surface area contributed by atoms with Crippen LogP contribution in [0.4, 0.5) is 11.4 Å². The number of amides is 2. The standard InChI is InChI=1S/C26H29N3O4S/c1-18(30)28-22-11-13-23(14-12-22)29-25(31)20-7-5-19(6-8-20)17-27-34(32,33)24-15-9-21(10-16-24)26(2,3)4/h5-16,27H,17H2,1-4H3,(H,28,30)(H,29,31). The molecular weight excluding hydrogens is 450 g/mol. The van der Waals surface area contributed by atoms with Crippen LogP contribution in [0.1, 0.15) is 49.2 Å². The van der Waals surface area contributed by atoms with Crippen LogP contribution in [0.25, 0.3) is 0 Å². The Labute approximate surface area is 200 Å². The highest BCUT2D eigenvalue weighted by Crippen LogP contribution is 2.23. The zero-order chi connectivity index (χ0) is 24.9. The van der Waals surface area contributed by atoms with Crippen molar-refractivity contribution in [2.24, 2.45) is 0 Å². The normalized spacial score (nSPS) is 11.6. The summed E-state index contributed by atoms with van der Waals surface area (Å²) in [4.78, 5) is 23.8. The topological polar surface area (TPSA) is 104 Å². The van der Waals surface area contributed by atoms with Gasteiger partial charge in [0.15, 0.2) is 0 Å². The van der Waals surface area contributed by atoms with E-state index in [4.69, 9.17) is 0 Å². The van der Waals surface area contributed by atoms with E-state index in [0.717, 1.165) is 11.1 Å². The molecule has 0 saturated carbocycles. The molecule has 8 heteroatoms. The fourth-order valence-electron chi connectivity index (χ4n) is 3.21. The lowest BCUT2D eigenvalue weighted by molar-refractivity contribution is -0.114. The molecule has 3 rings (SSSR count). The maximum absolute atomic E-state index is 12.6. The van der Waals surface area contributed by atoms with E-state index in [1.165, 1.54) is 6.92 Å². The van der Waals surface area contributed by atoms with Gasteiger partial charge in [-0.15, -0.1) is 0 Å². The van der Waals surface area contributed by atoms with Crippen LogP contribution in [0, 0.1) is 0 Å². The average Bonchev–Trinajstić information content (AvgIpc) is 2.78. The number of sulfonamides is 1. The fraction of sp³-hybridized carbons (Fsp3) is 0.231. The van der Waals surface area contributed by atoms with Gasteiger partial charge in [0, 0.05) is 30.4 Å². The van der Waals surface area contributed by atoms with E-state index in [-0.39, 0.29) is 28.7 Å². The Bertz CT molecular complexity index is 1260. The summed E-state index contributed by atoms with van der Waals surface area (Å²) >= 11 is 0. The first kappa shape index (κ1) is 25.1. The molecule has 0 aliphatic carbocycles. The number of nitrogens with one attached hydrogen (secondary N) is 3. The maximum Gasteiger partial charge on any atom is 0.255 e. The number of anilines is 2. The van der Waals surface area contributed by atoms with Crippen LogP contribution in [0.5, 0.6) is 0 Å². The van der Waals surface area contributed by atoms with Crippen LogP contribution in [0.15, 0.2) is 77.7 Å². The predicted octanol–water partition coefficient (Wildman–Crippen LogP) is 4.67. The van der Waals surface area contributed by atoms with E-state index in [2.05, 4.69) is 36.1 Å². The van der Waals surface area contributed by atoms with Gasteiger partial charge in [-0.25, -0.2) is 13.1 Å². The highest BCUT2D eigenvalue weighted by Gasteiger charge is 2.17. The molecule has 0 unspecified atom stereocenters. The number of carbonyl (C=O) groups excluding carboxylic acids is 2. The third-order valence-electron chi connectivity index (χ3n) is 5.18. The van der Waals surface area contributed by atoms with E-state index in [0.29, 0.717) is 16.9 Å². The first-order valence-electron chi connectivity index (χ1n) is 10.8. The zero-order valence-corrected chi connectivity index (χ0v) is 20.5. The molecule has 0 spiro atoms. The second-order valence-electron chi connectivity index (χ2n) is 9.01. The Kier molecular flexibility index (Phi) is 7.54. The van der Waals surface area contributed by atoms with Crippen molar-refractivity contribution in [1.82, 2.24) is 4.72 Å². The summed E-state index contributed by atoms with van der Waals surface area (Å²) in [5, 5.41) is 5.45. The Morgan fingerprint density at radius 2 is 1.29 bits per heavy atom. The lowest BCUT2D eigenvalue weighted by Gasteiger charge is -2.19. The molecule has 0 aliphatic heterocycles. The number of benzene rings is 3. The van der Waals surface area contributed by atoms with E-state index in [1.54, 1.807) is 60.7 Å². The van der Waals surface area contributed by atoms with Gasteiger partial charge in [-0.05, 0) is 65.1 Å². The molecule has 0 aromatic heterocycles. The summed E-state index contributed by atoms with van der Waals surface area (Å²) < 4.78 is 27.9. The molecule has 0 aliphatic rings. The van der Waals surface area contributed by atoms with E-state index < -0.39 is 10.0 Å². The highest BCUT2D eigenvalue weighted by atomic mass is 32.2. The molecular formula is C26H29N3O4S. The monoisotopic (exact) mass is 479 g/mol. The molecule has 0 atom stereocenters. The molecule has 3 N–H and O–H groups in total. The number of rotatable bonds is 7. The van der Waals surface area contributed by atoms with E-state index >= 15 is 0 Å². The fourth-order valence-corrected chi connectivity index (χ4v) is 4.23. The first-order valence-corrected chi connectivity index (χ1v) is 12.3. The van der Waals surface area contributed by atoms with Crippen LogP contribution in [-0.2, 0) is 26.8 Å². The van der Waals surface area contributed by atoms with E-state index in [9.17, 15) is 18.0 Å². The van der Waals surface area contributed by atoms with Crippen LogP contribution in [-0.4, -0.2) is 20.2 Å². The van der Waals surface area contributed by atoms with Crippen molar-refractivity contribution >= 4 is 33.2 Å². The minimum absolute atomic E-state index is 0.0556. The second-order valence-corrected chi connectivity index (χ2v) is 10.8. The molecule has 3 aromatic carbocycles. The molecule has 7 nitrogen and oxygen atoms in total. The van der Waals surface area contributed by atoms with Gasteiger partial charge in [0.2, 0.25) is 15.9 Å². The predicted molar refractivity (Wildman–Crippen MR) is 134 cm³/mol. The van der Waals surface area contributed by atoms with Crippen molar-refractivity contribution in [3.63, 3.8) is 0 Å². The van der Waals surface area contributed by atoms with Crippen LogP contribution < -0.4 is 15.4 Å². The average molecular weight is 480 g/mol. The lowest BCUT2D eigenvalue weighted by atomic mass is 9.87. The third-order valence-corrected chi connectivity index (χ3v) is 6.59. The van der Waals surface area contributed by atoms with Crippen molar-refractivity contribution in [2.75, 3.05) is 10.6 Å². The Morgan fingerprint density at radius 1 is 0.765 bits per heavy atom. The Morgan fingerprint density at radius 3 is 1.79 bits per heavy atom. The molecule has 0 bridgehead atoms. The van der Waals surface area contributed by atoms with Gasteiger partial charge in [-0.2, -0.15) is 0 Å². The van der Waals surface area contributed by atoms with Crippen molar-refractivity contribution in [3.8, 4) is 0 Å². The number of hydrogen-bond donors (Lipinski definition) is 3. The van der Waals surface area contributed by atoms with Crippen LogP contribution >= 0.6 is 0 Å². The van der Waals surface area contributed by atoms with Gasteiger partial charge >= 0.3 is 0 Å².